The molecule has 0 saturated heterocycles. The van der Waals surface area contributed by atoms with Crippen LogP contribution in [-0.4, -0.2) is 33.8 Å². The summed E-state index contributed by atoms with van der Waals surface area (Å²) in [6, 6.07) is -1.84. The number of carbonyl (C=O) groups excluding carboxylic acids is 1. The van der Waals surface area contributed by atoms with Crippen LogP contribution in [0.15, 0.2) is 12.3 Å². The third-order valence-corrected chi connectivity index (χ3v) is 3.91. The maximum Gasteiger partial charge on any atom is 0.408 e. The monoisotopic (exact) mass is 328 g/mol. The smallest absolute Gasteiger partial charge is 0.337 e. The number of amides is 1. The van der Waals surface area contributed by atoms with Gasteiger partial charge in [0.15, 0.2) is 5.82 Å². The first-order valence-electron chi connectivity index (χ1n) is 7.35. The second kappa shape index (κ2) is 6.55. The summed E-state index contributed by atoms with van der Waals surface area (Å²) in [5, 5.41) is 9.44. The number of rotatable bonds is 5. The van der Waals surface area contributed by atoms with Gasteiger partial charge in [0.2, 0.25) is 0 Å². The molecule has 23 heavy (non-hydrogen) atoms. The van der Waals surface area contributed by atoms with Gasteiger partial charge >= 0.3 is 6.18 Å². The van der Waals surface area contributed by atoms with Gasteiger partial charge < -0.3 is 15.7 Å². The van der Waals surface area contributed by atoms with E-state index in [0.29, 0.717) is 29.8 Å². The Morgan fingerprint density at radius 3 is 2.61 bits per heavy atom. The Balaban J connectivity index is 2.11. The van der Waals surface area contributed by atoms with E-state index in [9.17, 15) is 18.0 Å². The van der Waals surface area contributed by atoms with Crippen LogP contribution in [0.25, 0.3) is 5.57 Å². The molecule has 1 saturated carbocycles. The Morgan fingerprint density at radius 1 is 1.48 bits per heavy atom. The molecule has 1 aromatic heterocycles. The first kappa shape index (κ1) is 17.2. The van der Waals surface area contributed by atoms with Crippen LogP contribution in [0.5, 0.6) is 0 Å². The number of aromatic amines is 1. The number of H-pyrrole nitrogens is 1. The predicted molar refractivity (Wildman–Crippen MR) is 80.3 cm³/mol. The number of allylic oxidation sites excluding steroid dienone is 2. The van der Waals surface area contributed by atoms with E-state index in [1.54, 1.807) is 19.9 Å². The molecule has 0 spiro atoms. The summed E-state index contributed by atoms with van der Waals surface area (Å²) in [4.78, 5) is 18.6. The molecule has 0 aliphatic heterocycles. The van der Waals surface area contributed by atoms with Gasteiger partial charge in [-0.25, -0.2) is 4.98 Å². The van der Waals surface area contributed by atoms with Crippen LogP contribution in [0.3, 0.4) is 0 Å². The largest absolute Gasteiger partial charge is 0.408 e. The van der Waals surface area contributed by atoms with Crippen molar-refractivity contribution in [2.24, 2.45) is 5.92 Å². The van der Waals surface area contributed by atoms with E-state index in [0.717, 1.165) is 6.42 Å². The molecule has 1 atom stereocenters. The molecule has 0 bridgehead atoms. The van der Waals surface area contributed by atoms with Crippen LogP contribution in [0.4, 0.5) is 13.2 Å². The number of nitrogens with zero attached hydrogens (tertiary/aromatic N) is 1. The fourth-order valence-corrected chi connectivity index (χ4v) is 2.49. The Labute approximate surface area is 131 Å². The van der Waals surface area contributed by atoms with Crippen LogP contribution in [0.2, 0.25) is 0 Å². The van der Waals surface area contributed by atoms with Crippen molar-refractivity contribution in [2.75, 3.05) is 0 Å². The molecule has 0 radical (unpaired) electrons. The minimum atomic E-state index is -4.47. The van der Waals surface area contributed by atoms with Gasteiger partial charge in [0.1, 0.15) is 6.04 Å². The van der Waals surface area contributed by atoms with Crippen LogP contribution in [0.1, 0.15) is 49.4 Å². The van der Waals surface area contributed by atoms with Crippen molar-refractivity contribution in [1.29, 1.82) is 5.41 Å². The van der Waals surface area contributed by atoms with Crippen LogP contribution in [0, 0.1) is 11.3 Å². The van der Waals surface area contributed by atoms with E-state index in [1.165, 1.54) is 6.20 Å². The Hall–Kier alpha value is -2.12. The van der Waals surface area contributed by atoms with E-state index in [4.69, 9.17) is 5.41 Å². The molecule has 3 N–H and O–H groups in total. The zero-order chi connectivity index (χ0) is 17.2. The highest BCUT2D eigenvalue weighted by atomic mass is 19.4. The highest BCUT2D eigenvalue weighted by molar-refractivity contribution is 5.97. The van der Waals surface area contributed by atoms with Crippen molar-refractivity contribution in [1.82, 2.24) is 15.3 Å². The molecule has 1 heterocycles. The lowest BCUT2D eigenvalue weighted by Gasteiger charge is -2.35. The van der Waals surface area contributed by atoms with Crippen LogP contribution in [-0.2, 0) is 0 Å². The number of aromatic nitrogens is 2. The Kier molecular flexibility index (Phi) is 4.91. The summed E-state index contributed by atoms with van der Waals surface area (Å²) < 4.78 is 39.2. The van der Waals surface area contributed by atoms with E-state index in [2.05, 4.69) is 9.97 Å². The molecule has 1 aliphatic rings. The molecule has 1 fully saturated rings. The number of imidazole rings is 1. The number of nitrogens with one attached hydrogen (secondary N) is 3. The number of hydrogen-bond acceptors (Lipinski definition) is 3. The standard InChI is InChI=1S/C15H19F3N4O/c1-8(6-9(2)19)11-7-20-13(21-11)14(23)22-12(15(16,17)18)10-4-3-5-10/h6-7,10,12,19H,3-5H2,1-2H3,(H,20,21)(H,22,23)/b8-6-,19-9?. The van der Waals surface area contributed by atoms with Crippen LogP contribution < -0.4 is 5.32 Å². The van der Waals surface area contributed by atoms with Gasteiger partial charge in [-0.15, -0.1) is 0 Å². The fraction of sp³-hybridized carbons (Fsp3) is 0.533. The highest BCUT2D eigenvalue weighted by Crippen LogP contribution is 2.37. The van der Waals surface area contributed by atoms with Gasteiger partial charge in [-0.05, 0) is 44.3 Å². The summed E-state index contributed by atoms with van der Waals surface area (Å²) in [5.74, 6) is -1.59. The molecule has 1 aliphatic carbocycles. The zero-order valence-corrected chi connectivity index (χ0v) is 12.9. The normalized spacial score (nSPS) is 17.5. The first-order valence-corrected chi connectivity index (χ1v) is 7.35. The third-order valence-electron chi connectivity index (χ3n) is 3.91. The Bertz CT molecular complexity index is 629. The van der Waals surface area contributed by atoms with Crippen molar-refractivity contribution in [2.45, 2.75) is 45.3 Å². The highest BCUT2D eigenvalue weighted by Gasteiger charge is 2.47. The lowest BCUT2D eigenvalue weighted by Crippen LogP contribution is -2.52. The number of halogens is 3. The lowest BCUT2D eigenvalue weighted by molar-refractivity contribution is -0.171. The topological polar surface area (TPSA) is 81.6 Å². The van der Waals surface area contributed by atoms with E-state index < -0.39 is 24.0 Å². The van der Waals surface area contributed by atoms with Crippen molar-refractivity contribution >= 4 is 17.2 Å². The van der Waals surface area contributed by atoms with Crippen LogP contribution >= 0.6 is 0 Å². The van der Waals surface area contributed by atoms with Crippen molar-refractivity contribution in [3.8, 4) is 0 Å². The average molecular weight is 328 g/mol. The van der Waals surface area contributed by atoms with Gasteiger partial charge in [0, 0.05) is 5.71 Å². The van der Waals surface area contributed by atoms with Gasteiger partial charge in [-0.1, -0.05) is 6.42 Å². The van der Waals surface area contributed by atoms with Crippen molar-refractivity contribution in [3.63, 3.8) is 0 Å². The van der Waals surface area contributed by atoms with Crippen molar-refractivity contribution in [3.05, 3.63) is 23.8 Å². The van der Waals surface area contributed by atoms with Gasteiger partial charge in [0.05, 0.1) is 11.9 Å². The van der Waals surface area contributed by atoms with E-state index >= 15 is 0 Å². The third kappa shape index (κ3) is 4.20. The van der Waals surface area contributed by atoms with Gasteiger partial charge in [-0.2, -0.15) is 13.2 Å². The maximum absolute atomic E-state index is 13.1. The second-order valence-corrected chi connectivity index (χ2v) is 5.84. The molecule has 1 aromatic rings. The Morgan fingerprint density at radius 2 is 2.13 bits per heavy atom. The van der Waals surface area contributed by atoms with Gasteiger partial charge in [0.25, 0.3) is 5.91 Å². The minimum Gasteiger partial charge on any atom is -0.337 e. The summed E-state index contributed by atoms with van der Waals surface area (Å²) >= 11 is 0. The summed E-state index contributed by atoms with van der Waals surface area (Å²) in [5.41, 5.74) is 1.49. The molecule has 0 aromatic carbocycles. The summed E-state index contributed by atoms with van der Waals surface area (Å²) in [6.07, 6.45) is 0.161. The summed E-state index contributed by atoms with van der Waals surface area (Å²) in [7, 11) is 0. The number of hydrogen-bond donors (Lipinski definition) is 3. The second-order valence-electron chi connectivity index (χ2n) is 5.84. The molecular formula is C15H19F3N4O. The first-order chi connectivity index (χ1) is 10.7. The van der Waals surface area contributed by atoms with E-state index in [-0.39, 0.29) is 5.82 Å². The average Bonchev–Trinajstić information content (AvgIpc) is 2.83. The summed E-state index contributed by atoms with van der Waals surface area (Å²) in [6.45, 7) is 3.32. The molecule has 1 amide bonds. The SMILES string of the molecule is CC(=N)/C=C(/C)c1cnc(C(=O)NC(C2CCC2)C(F)(F)F)[nH]1. The lowest BCUT2D eigenvalue weighted by atomic mass is 9.79. The quantitative estimate of drug-likeness (QED) is 0.725. The predicted octanol–water partition coefficient (Wildman–Crippen LogP) is 3.31. The molecule has 8 heteroatoms. The van der Waals surface area contributed by atoms with E-state index in [1.807, 2.05) is 5.32 Å². The molecule has 5 nitrogen and oxygen atoms in total. The molecule has 126 valence electrons. The number of alkyl halides is 3. The molecule has 2 rings (SSSR count). The maximum atomic E-state index is 13.1. The van der Waals surface area contributed by atoms with Crippen molar-refractivity contribution < 1.29 is 18.0 Å². The fourth-order valence-electron chi connectivity index (χ4n) is 2.49. The molecule has 1 unspecified atom stereocenters. The van der Waals surface area contributed by atoms with Gasteiger partial charge in [-0.3, -0.25) is 4.79 Å². The molecular weight excluding hydrogens is 309 g/mol. The minimum absolute atomic E-state index is 0.163. The zero-order valence-electron chi connectivity index (χ0n) is 12.9. The number of carbonyl (C=O) groups is 1.